The third-order valence-electron chi connectivity index (χ3n) is 6.33. The molecule has 1 unspecified atom stereocenters. The van der Waals surface area contributed by atoms with E-state index >= 15 is 0 Å². The lowest BCUT2D eigenvalue weighted by Crippen LogP contribution is -2.51. The van der Waals surface area contributed by atoms with Crippen molar-refractivity contribution >= 4 is 29.4 Å². The molecule has 0 aliphatic carbocycles. The van der Waals surface area contributed by atoms with Gasteiger partial charge in [0, 0.05) is 19.4 Å². The van der Waals surface area contributed by atoms with Gasteiger partial charge in [-0.2, -0.15) is 0 Å². The normalized spacial score (nSPS) is 13.2. The molecule has 10 heteroatoms. The first-order chi connectivity index (χ1) is 18.1. The highest BCUT2D eigenvalue weighted by Gasteiger charge is 2.35. The van der Waals surface area contributed by atoms with E-state index in [1.54, 1.807) is 29.7 Å². The lowest BCUT2D eigenvalue weighted by atomic mass is 9.80. The molecule has 0 aliphatic heterocycles. The summed E-state index contributed by atoms with van der Waals surface area (Å²) in [6, 6.07) is 16.0. The van der Waals surface area contributed by atoms with Gasteiger partial charge in [-0.3, -0.25) is 19.6 Å². The van der Waals surface area contributed by atoms with E-state index in [1.807, 2.05) is 44.2 Å². The number of guanidine groups is 1. The molecule has 0 saturated carbocycles. The van der Waals surface area contributed by atoms with Crippen molar-refractivity contribution in [2.24, 2.45) is 34.2 Å². The standard InChI is InChI=1S/C28H40N6O4/c1-18(2)16-23(22(26(36)34-38)11-7-10-19-8-5-4-6-9-19)25(35)33-24(27(37)31-3)17-20-12-14-21(15-13-20)32-28(29)30/h4-6,8-9,12-15,18,22-24,38H,7,10-11,16-17H2,1-3H3,(H,31,37)(H,33,35)(H,34,36)(H4,29,30,32)/t22-,23?,24-/m0/s1. The fourth-order valence-electron chi connectivity index (χ4n) is 4.48. The summed E-state index contributed by atoms with van der Waals surface area (Å²) in [5.74, 6) is -2.81. The van der Waals surface area contributed by atoms with Gasteiger partial charge in [0.15, 0.2) is 5.96 Å². The summed E-state index contributed by atoms with van der Waals surface area (Å²) in [6.07, 6.45) is 2.45. The van der Waals surface area contributed by atoms with E-state index in [0.717, 1.165) is 17.5 Å². The molecule has 0 fully saturated rings. The number of benzene rings is 2. The minimum Gasteiger partial charge on any atom is -0.370 e. The average Bonchev–Trinajstić information content (AvgIpc) is 2.90. The molecule has 0 saturated heterocycles. The second kappa shape index (κ2) is 15.4. The van der Waals surface area contributed by atoms with Crippen LogP contribution in [-0.2, 0) is 27.2 Å². The summed E-state index contributed by atoms with van der Waals surface area (Å²) in [5.41, 5.74) is 15.1. The number of rotatable bonds is 14. The van der Waals surface area contributed by atoms with Gasteiger partial charge in [0.25, 0.3) is 0 Å². The Balaban J connectivity index is 2.21. The van der Waals surface area contributed by atoms with Crippen LogP contribution in [0.1, 0.15) is 44.2 Å². The van der Waals surface area contributed by atoms with Gasteiger partial charge in [-0.25, -0.2) is 10.5 Å². The second-order valence-corrected chi connectivity index (χ2v) is 9.78. The Kier molecular flexibility index (Phi) is 12.2. The topological polar surface area (TPSA) is 172 Å². The zero-order valence-corrected chi connectivity index (χ0v) is 22.3. The molecule has 38 heavy (non-hydrogen) atoms. The summed E-state index contributed by atoms with van der Waals surface area (Å²) in [4.78, 5) is 43.0. The number of nitrogens with one attached hydrogen (secondary N) is 3. The molecule has 8 N–H and O–H groups in total. The fraction of sp³-hybridized carbons (Fsp3) is 0.429. The first-order valence-corrected chi connectivity index (χ1v) is 12.8. The predicted molar refractivity (Wildman–Crippen MR) is 147 cm³/mol. The van der Waals surface area contributed by atoms with E-state index in [-0.39, 0.29) is 24.2 Å². The predicted octanol–water partition coefficient (Wildman–Crippen LogP) is 2.17. The Hall–Kier alpha value is -3.92. The molecular weight excluding hydrogens is 484 g/mol. The number of carbonyl (C=O) groups excluding carboxylic acids is 3. The molecule has 2 rings (SSSR count). The van der Waals surface area contributed by atoms with Crippen LogP contribution in [0.3, 0.4) is 0 Å². The zero-order valence-electron chi connectivity index (χ0n) is 22.3. The Morgan fingerprint density at radius 2 is 1.55 bits per heavy atom. The summed E-state index contributed by atoms with van der Waals surface area (Å²) >= 11 is 0. The first-order valence-electron chi connectivity index (χ1n) is 12.8. The Morgan fingerprint density at radius 3 is 2.11 bits per heavy atom. The first kappa shape index (κ1) is 30.3. The Labute approximate surface area is 224 Å². The number of likely N-dealkylation sites (N-methyl/N-ethyl adjacent to an activating group) is 1. The number of hydrogen-bond acceptors (Lipinski definition) is 5. The van der Waals surface area contributed by atoms with Crippen LogP contribution in [0.15, 0.2) is 59.6 Å². The van der Waals surface area contributed by atoms with Crippen LogP contribution in [0, 0.1) is 17.8 Å². The van der Waals surface area contributed by atoms with Crippen LogP contribution < -0.4 is 27.6 Å². The SMILES string of the molecule is CNC(=O)[C@H](Cc1ccc(N=C(N)N)cc1)NC(=O)C(CC(C)C)[C@H](CCCc1ccccc1)C(=O)NO. The van der Waals surface area contributed by atoms with Crippen LogP contribution in [0.25, 0.3) is 0 Å². The van der Waals surface area contributed by atoms with Gasteiger partial charge in [-0.15, -0.1) is 0 Å². The van der Waals surface area contributed by atoms with Crippen LogP contribution in [0.5, 0.6) is 0 Å². The van der Waals surface area contributed by atoms with E-state index in [4.69, 9.17) is 11.5 Å². The number of amides is 3. The molecule has 206 valence electrons. The molecule has 2 aromatic carbocycles. The number of nitrogens with zero attached hydrogens (tertiary/aromatic N) is 1. The molecule has 0 heterocycles. The molecule has 0 radical (unpaired) electrons. The molecule has 2 aromatic rings. The summed E-state index contributed by atoms with van der Waals surface area (Å²) in [7, 11) is 1.50. The van der Waals surface area contributed by atoms with E-state index < -0.39 is 29.7 Å². The molecule has 10 nitrogen and oxygen atoms in total. The fourth-order valence-corrected chi connectivity index (χ4v) is 4.48. The highest BCUT2D eigenvalue weighted by atomic mass is 16.5. The molecular formula is C28H40N6O4. The van der Waals surface area contributed by atoms with Gasteiger partial charge < -0.3 is 22.1 Å². The van der Waals surface area contributed by atoms with Crippen LogP contribution in [0.2, 0.25) is 0 Å². The van der Waals surface area contributed by atoms with E-state index in [1.165, 1.54) is 7.05 Å². The van der Waals surface area contributed by atoms with Gasteiger partial charge in [-0.05, 0) is 54.9 Å². The van der Waals surface area contributed by atoms with Gasteiger partial charge in [-0.1, -0.05) is 56.3 Å². The smallest absolute Gasteiger partial charge is 0.247 e. The molecule has 3 atom stereocenters. The third kappa shape index (κ3) is 9.85. The van der Waals surface area contributed by atoms with E-state index in [9.17, 15) is 19.6 Å². The molecule has 0 spiro atoms. The quantitative estimate of drug-likeness (QED) is 0.0956. The van der Waals surface area contributed by atoms with Gasteiger partial charge >= 0.3 is 0 Å². The number of nitrogens with two attached hydrogens (primary N) is 2. The molecule has 0 aliphatic rings. The van der Waals surface area contributed by atoms with Crippen molar-refractivity contribution in [1.29, 1.82) is 0 Å². The summed E-state index contributed by atoms with van der Waals surface area (Å²) in [6.45, 7) is 3.93. The second-order valence-electron chi connectivity index (χ2n) is 9.78. The number of hydroxylamine groups is 1. The molecule has 0 bridgehead atoms. The summed E-state index contributed by atoms with van der Waals surface area (Å²) < 4.78 is 0. The van der Waals surface area contributed by atoms with Gasteiger partial charge in [0.1, 0.15) is 6.04 Å². The highest BCUT2D eigenvalue weighted by Crippen LogP contribution is 2.27. The number of carbonyl (C=O) groups is 3. The van der Waals surface area contributed by atoms with Crippen molar-refractivity contribution in [2.45, 2.75) is 52.0 Å². The van der Waals surface area contributed by atoms with E-state index in [0.29, 0.717) is 24.9 Å². The van der Waals surface area contributed by atoms with Crippen molar-refractivity contribution in [2.75, 3.05) is 7.05 Å². The number of hydrogen-bond donors (Lipinski definition) is 6. The van der Waals surface area contributed by atoms with Gasteiger partial charge in [0.05, 0.1) is 11.6 Å². The monoisotopic (exact) mass is 524 g/mol. The van der Waals surface area contributed by atoms with Crippen LogP contribution >= 0.6 is 0 Å². The van der Waals surface area contributed by atoms with Crippen molar-refractivity contribution in [3.8, 4) is 0 Å². The average molecular weight is 525 g/mol. The maximum atomic E-state index is 13.6. The lowest BCUT2D eigenvalue weighted by molar-refractivity contribution is -0.142. The van der Waals surface area contributed by atoms with Crippen molar-refractivity contribution in [1.82, 2.24) is 16.1 Å². The van der Waals surface area contributed by atoms with Crippen LogP contribution in [0.4, 0.5) is 5.69 Å². The molecule has 3 amide bonds. The third-order valence-corrected chi connectivity index (χ3v) is 6.33. The maximum absolute atomic E-state index is 13.6. The maximum Gasteiger partial charge on any atom is 0.247 e. The van der Waals surface area contributed by atoms with Crippen LogP contribution in [-0.4, -0.2) is 42.0 Å². The Morgan fingerprint density at radius 1 is 0.895 bits per heavy atom. The van der Waals surface area contributed by atoms with E-state index in [2.05, 4.69) is 15.6 Å². The van der Waals surface area contributed by atoms with Gasteiger partial charge in [0.2, 0.25) is 17.7 Å². The lowest BCUT2D eigenvalue weighted by Gasteiger charge is -2.28. The van der Waals surface area contributed by atoms with Crippen molar-refractivity contribution in [3.63, 3.8) is 0 Å². The van der Waals surface area contributed by atoms with Crippen molar-refractivity contribution in [3.05, 3.63) is 65.7 Å². The molecule has 0 aromatic heterocycles. The minimum atomic E-state index is -0.863. The zero-order chi connectivity index (χ0) is 28.1. The highest BCUT2D eigenvalue weighted by molar-refractivity contribution is 5.91. The minimum absolute atomic E-state index is 0.0605. The Bertz CT molecular complexity index is 1070. The summed E-state index contributed by atoms with van der Waals surface area (Å²) in [5, 5.41) is 14.9. The largest absolute Gasteiger partial charge is 0.370 e. The number of aliphatic imine (C=N–C) groups is 1. The number of aryl methyl sites for hydroxylation is 1. The van der Waals surface area contributed by atoms with Crippen molar-refractivity contribution < 1.29 is 19.6 Å².